The first kappa shape index (κ1) is 11.4. The van der Waals surface area contributed by atoms with Crippen molar-refractivity contribution < 1.29 is 4.79 Å². The number of hydrogen-bond acceptors (Lipinski definition) is 1. The Morgan fingerprint density at radius 1 is 1.42 bits per heavy atom. The fourth-order valence-electron chi connectivity index (χ4n) is 1.14. The van der Waals surface area contributed by atoms with Gasteiger partial charge < -0.3 is 4.79 Å². The van der Waals surface area contributed by atoms with E-state index in [-0.39, 0.29) is 0 Å². The lowest BCUT2D eigenvalue weighted by atomic mass is 10.0. The molecule has 0 amide bonds. The molecule has 0 fully saturated rings. The van der Waals surface area contributed by atoms with Crippen molar-refractivity contribution in [2.45, 2.75) is 46.5 Å². The molecule has 1 heteroatoms. The summed E-state index contributed by atoms with van der Waals surface area (Å²) in [6.07, 6.45) is 7.23. The van der Waals surface area contributed by atoms with E-state index in [4.69, 9.17) is 0 Å². The van der Waals surface area contributed by atoms with Crippen LogP contribution >= 0.6 is 0 Å². The van der Waals surface area contributed by atoms with Crippen LogP contribution in [-0.2, 0) is 4.79 Å². The average molecular weight is 168 g/mol. The van der Waals surface area contributed by atoms with E-state index in [1.54, 1.807) is 0 Å². The Morgan fingerprint density at radius 2 is 2.08 bits per heavy atom. The Kier molecular flexibility index (Phi) is 6.73. The van der Waals surface area contributed by atoms with Crippen LogP contribution in [0, 0.1) is 5.92 Å². The largest absolute Gasteiger partial charge is 0.303 e. The molecule has 0 aromatic rings. The van der Waals surface area contributed by atoms with Gasteiger partial charge in [-0.3, -0.25) is 0 Å². The van der Waals surface area contributed by atoms with E-state index in [0.717, 1.165) is 18.6 Å². The molecular formula is C11H20O. The second kappa shape index (κ2) is 7.08. The molecule has 0 aromatic carbocycles. The van der Waals surface area contributed by atoms with E-state index in [1.807, 2.05) is 6.08 Å². The van der Waals surface area contributed by atoms with E-state index in [9.17, 15) is 4.79 Å². The molecule has 0 saturated carbocycles. The maximum atomic E-state index is 10.0. The Morgan fingerprint density at radius 3 is 2.58 bits per heavy atom. The Bertz CT molecular complexity index is 145. The molecule has 0 aliphatic carbocycles. The highest BCUT2D eigenvalue weighted by atomic mass is 16.1. The van der Waals surface area contributed by atoms with Gasteiger partial charge in [-0.1, -0.05) is 31.9 Å². The maximum absolute atomic E-state index is 10.0. The summed E-state index contributed by atoms with van der Waals surface area (Å²) in [5.74, 6) is 0.795. The van der Waals surface area contributed by atoms with Crippen LogP contribution in [0.5, 0.6) is 0 Å². The van der Waals surface area contributed by atoms with Gasteiger partial charge in [0.2, 0.25) is 0 Å². The summed E-state index contributed by atoms with van der Waals surface area (Å²) < 4.78 is 0. The summed E-state index contributed by atoms with van der Waals surface area (Å²) in [7, 11) is 0. The van der Waals surface area contributed by atoms with Crippen LogP contribution in [0.2, 0.25) is 0 Å². The smallest absolute Gasteiger partial charge is 0.123 e. The number of rotatable bonds is 6. The molecule has 0 atom stereocenters. The minimum Gasteiger partial charge on any atom is -0.303 e. The summed E-state index contributed by atoms with van der Waals surface area (Å²) in [5, 5.41) is 0. The third-order valence-electron chi connectivity index (χ3n) is 1.92. The number of hydrogen-bond donors (Lipinski definition) is 0. The highest BCUT2D eigenvalue weighted by Crippen LogP contribution is 2.11. The van der Waals surface area contributed by atoms with Crippen molar-refractivity contribution in [3.63, 3.8) is 0 Å². The fraction of sp³-hybridized carbons (Fsp3) is 0.727. The van der Waals surface area contributed by atoms with Gasteiger partial charge in [0.25, 0.3) is 0 Å². The minimum absolute atomic E-state index is 0.577. The zero-order valence-corrected chi connectivity index (χ0v) is 8.47. The summed E-state index contributed by atoms with van der Waals surface area (Å²) >= 11 is 0. The Labute approximate surface area is 75.9 Å². The summed E-state index contributed by atoms with van der Waals surface area (Å²) in [5.41, 5.74) is 1.35. The molecule has 0 bridgehead atoms. The number of carbonyl (C=O) groups is 1. The first-order chi connectivity index (χ1) is 5.66. The molecule has 0 aromatic heterocycles. The molecule has 0 aliphatic heterocycles. The van der Waals surface area contributed by atoms with Crippen LogP contribution in [0.4, 0.5) is 0 Å². The first-order valence-corrected chi connectivity index (χ1v) is 4.76. The Hall–Kier alpha value is -0.590. The molecule has 0 aliphatic rings. The second-order valence-electron chi connectivity index (χ2n) is 3.74. The van der Waals surface area contributed by atoms with E-state index in [2.05, 4.69) is 20.8 Å². The summed E-state index contributed by atoms with van der Waals surface area (Å²) in [6, 6.07) is 0. The lowest BCUT2D eigenvalue weighted by Gasteiger charge is -2.03. The zero-order chi connectivity index (χ0) is 9.40. The van der Waals surface area contributed by atoms with Crippen LogP contribution in [0.3, 0.4) is 0 Å². The van der Waals surface area contributed by atoms with Gasteiger partial charge in [-0.2, -0.15) is 0 Å². The SMILES string of the molecule is C/C(=C\CC=O)CCCC(C)C. The van der Waals surface area contributed by atoms with Gasteiger partial charge in [0.1, 0.15) is 6.29 Å². The molecule has 0 rings (SSSR count). The normalized spacial score (nSPS) is 12.2. The standard InChI is InChI=1S/C11H20O/c1-10(2)6-4-7-11(3)8-5-9-12/h8-10H,4-7H2,1-3H3/b11-8+. The van der Waals surface area contributed by atoms with Gasteiger partial charge in [-0.15, -0.1) is 0 Å². The molecule has 0 heterocycles. The van der Waals surface area contributed by atoms with E-state index >= 15 is 0 Å². The molecule has 0 spiro atoms. The first-order valence-electron chi connectivity index (χ1n) is 4.76. The number of aldehydes is 1. The van der Waals surface area contributed by atoms with E-state index in [1.165, 1.54) is 18.4 Å². The topological polar surface area (TPSA) is 17.1 Å². The maximum Gasteiger partial charge on any atom is 0.123 e. The number of allylic oxidation sites excluding steroid dienone is 2. The van der Waals surface area contributed by atoms with Crippen LogP contribution in [0.25, 0.3) is 0 Å². The molecule has 0 saturated heterocycles. The quantitative estimate of drug-likeness (QED) is 0.439. The third-order valence-corrected chi connectivity index (χ3v) is 1.92. The van der Waals surface area contributed by atoms with Crippen molar-refractivity contribution in [3.05, 3.63) is 11.6 Å². The van der Waals surface area contributed by atoms with Crippen molar-refractivity contribution in [1.82, 2.24) is 0 Å². The predicted octanol–water partition coefficient (Wildman–Crippen LogP) is 3.35. The van der Waals surface area contributed by atoms with Gasteiger partial charge in [0, 0.05) is 6.42 Å². The predicted molar refractivity (Wildman–Crippen MR) is 53.1 cm³/mol. The monoisotopic (exact) mass is 168 g/mol. The van der Waals surface area contributed by atoms with Gasteiger partial charge in [-0.25, -0.2) is 0 Å². The lowest BCUT2D eigenvalue weighted by molar-refractivity contribution is -0.107. The van der Waals surface area contributed by atoms with Crippen molar-refractivity contribution in [3.8, 4) is 0 Å². The summed E-state index contributed by atoms with van der Waals surface area (Å²) in [6.45, 7) is 6.58. The zero-order valence-electron chi connectivity index (χ0n) is 8.47. The van der Waals surface area contributed by atoms with Crippen LogP contribution in [-0.4, -0.2) is 6.29 Å². The molecular weight excluding hydrogens is 148 g/mol. The van der Waals surface area contributed by atoms with Crippen molar-refractivity contribution >= 4 is 6.29 Å². The molecule has 70 valence electrons. The second-order valence-corrected chi connectivity index (χ2v) is 3.74. The van der Waals surface area contributed by atoms with Gasteiger partial charge in [0.05, 0.1) is 0 Å². The van der Waals surface area contributed by atoms with Crippen molar-refractivity contribution in [1.29, 1.82) is 0 Å². The highest BCUT2D eigenvalue weighted by Gasteiger charge is 1.94. The lowest BCUT2D eigenvalue weighted by Crippen LogP contribution is -1.87. The Balaban J connectivity index is 3.42. The minimum atomic E-state index is 0.577. The van der Waals surface area contributed by atoms with Crippen molar-refractivity contribution in [2.75, 3.05) is 0 Å². The van der Waals surface area contributed by atoms with Crippen LogP contribution < -0.4 is 0 Å². The van der Waals surface area contributed by atoms with Gasteiger partial charge in [-0.05, 0) is 25.7 Å². The van der Waals surface area contributed by atoms with Crippen molar-refractivity contribution in [2.24, 2.45) is 5.92 Å². The van der Waals surface area contributed by atoms with Gasteiger partial charge in [0.15, 0.2) is 0 Å². The summed E-state index contributed by atoms with van der Waals surface area (Å²) in [4.78, 5) is 10.0. The fourth-order valence-corrected chi connectivity index (χ4v) is 1.14. The molecule has 0 unspecified atom stereocenters. The average Bonchev–Trinajstić information content (AvgIpc) is 2.00. The van der Waals surface area contributed by atoms with Gasteiger partial charge >= 0.3 is 0 Å². The highest BCUT2D eigenvalue weighted by molar-refractivity contribution is 5.52. The van der Waals surface area contributed by atoms with E-state index < -0.39 is 0 Å². The van der Waals surface area contributed by atoms with Crippen LogP contribution in [0.15, 0.2) is 11.6 Å². The third kappa shape index (κ3) is 7.52. The molecule has 0 N–H and O–H groups in total. The number of carbonyl (C=O) groups excluding carboxylic acids is 1. The van der Waals surface area contributed by atoms with E-state index in [0.29, 0.717) is 6.42 Å². The molecule has 1 nitrogen and oxygen atoms in total. The van der Waals surface area contributed by atoms with Crippen LogP contribution in [0.1, 0.15) is 46.5 Å². The molecule has 0 radical (unpaired) electrons. The molecule has 12 heavy (non-hydrogen) atoms.